The average Bonchev–Trinajstić information content (AvgIpc) is 3.57. The topological polar surface area (TPSA) is 133 Å². The molecule has 1 atom stereocenters. The number of ketones is 1. The zero-order chi connectivity index (χ0) is 26.9. The summed E-state index contributed by atoms with van der Waals surface area (Å²) in [6.45, 7) is 8.16. The summed E-state index contributed by atoms with van der Waals surface area (Å²) < 4.78 is 12.2. The van der Waals surface area contributed by atoms with Crippen molar-refractivity contribution in [2.24, 2.45) is 11.1 Å². The second-order valence-corrected chi connectivity index (χ2v) is 10.3. The fourth-order valence-electron chi connectivity index (χ4n) is 4.36. The summed E-state index contributed by atoms with van der Waals surface area (Å²) in [6, 6.07) is 9.39. The van der Waals surface area contributed by atoms with Gasteiger partial charge in [0.2, 0.25) is 5.91 Å². The Hall–Kier alpha value is -3.92. The van der Waals surface area contributed by atoms with E-state index in [0.717, 1.165) is 11.1 Å². The van der Waals surface area contributed by atoms with Crippen molar-refractivity contribution in [2.45, 2.75) is 46.7 Å². The van der Waals surface area contributed by atoms with Crippen LogP contribution in [0.3, 0.4) is 0 Å². The lowest BCUT2D eigenvalue weighted by Crippen LogP contribution is -2.38. The van der Waals surface area contributed by atoms with Crippen molar-refractivity contribution in [2.75, 3.05) is 25.5 Å². The molecule has 10 heteroatoms. The van der Waals surface area contributed by atoms with Crippen molar-refractivity contribution < 1.29 is 23.5 Å². The highest BCUT2D eigenvalue weighted by molar-refractivity contribution is 5.99. The predicted octanol–water partition coefficient (Wildman–Crippen LogP) is 3.09. The summed E-state index contributed by atoms with van der Waals surface area (Å²) >= 11 is 0. The third-order valence-electron chi connectivity index (χ3n) is 6.36. The maximum atomic E-state index is 13.4. The van der Waals surface area contributed by atoms with E-state index < -0.39 is 17.2 Å². The fourth-order valence-corrected chi connectivity index (χ4v) is 4.36. The number of carbonyl (C=O) groups is 3. The van der Waals surface area contributed by atoms with Crippen LogP contribution in [0, 0.1) is 12.3 Å². The van der Waals surface area contributed by atoms with Crippen LogP contribution in [0.5, 0.6) is 5.75 Å². The minimum atomic E-state index is -0.717. The number of nitrogens with two attached hydrogens (primary N) is 1. The lowest BCUT2D eigenvalue weighted by molar-refractivity contribution is -0.139. The summed E-state index contributed by atoms with van der Waals surface area (Å²) in [5, 5.41) is 7.82. The van der Waals surface area contributed by atoms with Gasteiger partial charge in [0.15, 0.2) is 17.4 Å². The van der Waals surface area contributed by atoms with Crippen LogP contribution in [0.2, 0.25) is 0 Å². The highest BCUT2D eigenvalue weighted by Gasteiger charge is 2.42. The molecule has 0 radical (unpaired) electrons. The molecule has 3 N–H and O–H groups in total. The molecule has 4 rings (SSSR count). The number of amides is 1. The van der Waals surface area contributed by atoms with Crippen LogP contribution in [-0.4, -0.2) is 52.5 Å². The SMILES string of the molecule is COc1c(C2CN(C(=O)C(C)(C)C)CC2=O)nn(C(=O)c2coc(C)c2)c1NCc1ccc(CN)cc1. The molecule has 3 heterocycles. The first kappa shape index (κ1) is 26.2. The Labute approximate surface area is 215 Å². The van der Waals surface area contributed by atoms with Crippen LogP contribution < -0.4 is 15.8 Å². The standard InChI is InChI=1S/C27H33N5O5/c1-16-10-19(15-37-16)25(34)32-24(29-12-18-8-6-17(11-28)7-9-18)23(36-5)22(30-32)20-13-31(14-21(20)33)26(35)27(2,3)4/h6-10,15,20,29H,11-14,28H2,1-5H3. The number of likely N-dealkylation sites (tertiary alicyclic amines) is 1. The van der Waals surface area contributed by atoms with E-state index in [9.17, 15) is 14.4 Å². The smallest absolute Gasteiger partial charge is 0.283 e. The minimum absolute atomic E-state index is 0.0120. The molecule has 0 bridgehead atoms. The third-order valence-corrected chi connectivity index (χ3v) is 6.36. The highest BCUT2D eigenvalue weighted by Crippen LogP contribution is 2.38. The first-order chi connectivity index (χ1) is 17.5. The van der Waals surface area contributed by atoms with Gasteiger partial charge in [0, 0.05) is 25.0 Å². The molecule has 3 aromatic rings. The molecule has 1 aliphatic heterocycles. The molecule has 2 aromatic heterocycles. The molecular formula is C27H33N5O5. The maximum Gasteiger partial charge on any atom is 0.283 e. The van der Waals surface area contributed by atoms with Crippen molar-refractivity contribution in [3.63, 3.8) is 0 Å². The zero-order valence-corrected chi connectivity index (χ0v) is 21.8. The normalized spacial score (nSPS) is 15.8. The number of hydrogen-bond donors (Lipinski definition) is 2. The molecule has 0 saturated carbocycles. The summed E-state index contributed by atoms with van der Waals surface area (Å²) in [5.74, 6) is -0.240. The second-order valence-electron chi connectivity index (χ2n) is 10.3. The minimum Gasteiger partial charge on any atom is -0.491 e. The van der Waals surface area contributed by atoms with Crippen LogP contribution in [0.25, 0.3) is 0 Å². The number of benzene rings is 1. The quantitative estimate of drug-likeness (QED) is 0.499. The van der Waals surface area contributed by atoms with Gasteiger partial charge in [-0.1, -0.05) is 45.0 Å². The molecule has 37 heavy (non-hydrogen) atoms. The Kier molecular flexibility index (Phi) is 7.22. The van der Waals surface area contributed by atoms with Gasteiger partial charge in [-0.25, -0.2) is 0 Å². The number of carbonyl (C=O) groups excluding carboxylic acids is 3. The largest absolute Gasteiger partial charge is 0.491 e. The van der Waals surface area contributed by atoms with Gasteiger partial charge in [0.05, 0.1) is 25.1 Å². The first-order valence-corrected chi connectivity index (χ1v) is 12.1. The van der Waals surface area contributed by atoms with Gasteiger partial charge < -0.3 is 25.1 Å². The molecule has 1 aromatic carbocycles. The number of aryl methyl sites for hydroxylation is 1. The Morgan fingerprint density at radius 2 is 1.89 bits per heavy atom. The number of ether oxygens (including phenoxy) is 1. The summed E-state index contributed by atoms with van der Waals surface area (Å²) in [5.41, 5.74) is 7.66. The molecule has 1 fully saturated rings. The van der Waals surface area contributed by atoms with Gasteiger partial charge in [0.1, 0.15) is 17.7 Å². The van der Waals surface area contributed by atoms with Gasteiger partial charge in [-0.15, -0.1) is 0 Å². The average molecular weight is 508 g/mol. The van der Waals surface area contributed by atoms with Crippen molar-refractivity contribution >= 4 is 23.4 Å². The van der Waals surface area contributed by atoms with Crippen molar-refractivity contribution in [3.05, 3.63) is 64.7 Å². The van der Waals surface area contributed by atoms with Crippen molar-refractivity contribution in [1.82, 2.24) is 14.7 Å². The second kappa shape index (κ2) is 10.2. The van der Waals surface area contributed by atoms with Gasteiger partial charge >= 0.3 is 0 Å². The van der Waals surface area contributed by atoms with Crippen LogP contribution >= 0.6 is 0 Å². The number of hydrogen-bond acceptors (Lipinski definition) is 8. The Balaban J connectivity index is 1.71. The van der Waals surface area contributed by atoms with Crippen molar-refractivity contribution in [1.29, 1.82) is 0 Å². The number of nitrogens with zero attached hydrogens (tertiary/aromatic N) is 3. The van der Waals surface area contributed by atoms with Crippen molar-refractivity contribution in [3.8, 4) is 5.75 Å². The van der Waals surface area contributed by atoms with E-state index in [4.69, 9.17) is 14.9 Å². The molecule has 196 valence electrons. The van der Waals surface area contributed by atoms with Gasteiger partial charge in [-0.2, -0.15) is 9.78 Å². The monoisotopic (exact) mass is 507 g/mol. The van der Waals surface area contributed by atoms with E-state index in [2.05, 4.69) is 10.4 Å². The van der Waals surface area contributed by atoms with E-state index in [1.807, 2.05) is 45.0 Å². The Morgan fingerprint density at radius 3 is 2.46 bits per heavy atom. The van der Waals surface area contributed by atoms with E-state index in [-0.39, 0.29) is 30.5 Å². The van der Waals surface area contributed by atoms with Crippen LogP contribution in [0.4, 0.5) is 5.82 Å². The highest BCUT2D eigenvalue weighted by atomic mass is 16.5. The number of aromatic nitrogens is 2. The molecular weight excluding hydrogens is 474 g/mol. The predicted molar refractivity (Wildman–Crippen MR) is 137 cm³/mol. The fraction of sp³-hybridized carbons (Fsp3) is 0.407. The number of rotatable bonds is 7. The first-order valence-electron chi connectivity index (χ1n) is 12.1. The molecule has 1 saturated heterocycles. The zero-order valence-electron chi connectivity index (χ0n) is 21.8. The number of furan rings is 1. The summed E-state index contributed by atoms with van der Waals surface area (Å²) in [7, 11) is 1.47. The van der Waals surface area contributed by atoms with Gasteiger partial charge in [-0.3, -0.25) is 14.4 Å². The maximum absolute atomic E-state index is 13.4. The molecule has 1 aliphatic rings. The number of Topliss-reactive ketones (excluding diaryl/α,β-unsaturated/α-hetero) is 1. The lowest BCUT2D eigenvalue weighted by atomic mass is 9.95. The molecule has 1 unspecified atom stereocenters. The third kappa shape index (κ3) is 5.29. The van der Waals surface area contributed by atoms with Crippen LogP contribution in [0.15, 0.2) is 41.0 Å². The molecule has 10 nitrogen and oxygen atoms in total. The lowest BCUT2D eigenvalue weighted by Gasteiger charge is -2.24. The van der Waals surface area contributed by atoms with E-state index >= 15 is 0 Å². The van der Waals surface area contributed by atoms with Crippen LogP contribution in [-0.2, 0) is 22.7 Å². The van der Waals surface area contributed by atoms with E-state index in [1.165, 1.54) is 18.1 Å². The van der Waals surface area contributed by atoms with Gasteiger partial charge in [0.25, 0.3) is 5.91 Å². The Bertz CT molecular complexity index is 1320. The van der Waals surface area contributed by atoms with E-state index in [0.29, 0.717) is 35.9 Å². The van der Waals surface area contributed by atoms with E-state index in [1.54, 1.807) is 17.9 Å². The summed E-state index contributed by atoms with van der Waals surface area (Å²) in [6.07, 6.45) is 1.37. The summed E-state index contributed by atoms with van der Waals surface area (Å²) in [4.78, 5) is 40.9. The number of anilines is 1. The molecule has 1 amide bonds. The molecule has 0 aliphatic carbocycles. The van der Waals surface area contributed by atoms with Crippen LogP contribution in [0.1, 0.15) is 59.6 Å². The number of nitrogens with one attached hydrogen (secondary N) is 1. The molecule has 0 spiro atoms. The Morgan fingerprint density at radius 1 is 1.22 bits per heavy atom. The van der Waals surface area contributed by atoms with Gasteiger partial charge in [-0.05, 0) is 24.1 Å². The number of methoxy groups -OCH3 is 1.